The Labute approximate surface area is 204 Å². The van der Waals surface area contributed by atoms with E-state index in [1.807, 2.05) is 60.7 Å². The molecule has 6 aromatic rings. The average Bonchev–Trinajstić information content (AvgIpc) is 3.29. The van der Waals surface area contributed by atoms with Crippen LogP contribution in [-0.2, 0) is 0 Å². The minimum atomic E-state index is 0.281. The average molecular weight is 453 g/mol. The lowest BCUT2D eigenvalue weighted by molar-refractivity contribution is 0.477. The monoisotopic (exact) mass is 452 g/mol. The molecular weight excluding hydrogens is 428 g/mol. The highest BCUT2D eigenvalue weighted by Crippen LogP contribution is 2.37. The summed E-state index contributed by atoms with van der Waals surface area (Å²) in [6.07, 6.45) is 1.86. The van der Waals surface area contributed by atoms with E-state index in [4.69, 9.17) is 0 Å². The standard InChI is InChI=1S/C32H24N2O/c1-2-21-9-6-7-13-28(21)33-30-14-8-12-25-27-20-23(15-17-29(27)34-32(25)30)24-16-18-31(35)26(19-24)22-10-4-3-5-11-22/h2-20,33-35H,1H2. The number of aromatic nitrogens is 1. The van der Waals surface area contributed by atoms with Gasteiger partial charge in [0.25, 0.3) is 0 Å². The molecule has 0 radical (unpaired) electrons. The number of rotatable bonds is 5. The molecule has 0 bridgehead atoms. The van der Waals surface area contributed by atoms with Crippen molar-refractivity contribution in [2.45, 2.75) is 0 Å². The topological polar surface area (TPSA) is 48.0 Å². The fourth-order valence-corrected chi connectivity index (χ4v) is 4.70. The molecule has 0 saturated carbocycles. The Kier molecular flexibility index (Phi) is 5.08. The van der Waals surface area contributed by atoms with Gasteiger partial charge in [0.2, 0.25) is 0 Å². The van der Waals surface area contributed by atoms with Crippen molar-refractivity contribution >= 4 is 39.3 Å². The molecule has 35 heavy (non-hydrogen) atoms. The first-order valence-corrected chi connectivity index (χ1v) is 11.6. The maximum absolute atomic E-state index is 10.5. The number of aromatic amines is 1. The van der Waals surface area contributed by atoms with Crippen molar-refractivity contribution in [3.63, 3.8) is 0 Å². The lowest BCUT2D eigenvalue weighted by Crippen LogP contribution is -1.93. The highest BCUT2D eigenvalue weighted by atomic mass is 16.3. The predicted molar refractivity (Wildman–Crippen MR) is 148 cm³/mol. The van der Waals surface area contributed by atoms with Gasteiger partial charge in [0.05, 0.1) is 11.2 Å². The number of para-hydroxylation sites is 2. The van der Waals surface area contributed by atoms with Crippen molar-refractivity contribution in [3.05, 3.63) is 121 Å². The van der Waals surface area contributed by atoms with E-state index in [0.717, 1.165) is 61.0 Å². The van der Waals surface area contributed by atoms with Crippen molar-refractivity contribution in [1.29, 1.82) is 0 Å². The molecule has 0 aliphatic heterocycles. The van der Waals surface area contributed by atoms with Crippen LogP contribution in [0.5, 0.6) is 5.75 Å². The third-order valence-corrected chi connectivity index (χ3v) is 6.50. The number of hydrogen-bond acceptors (Lipinski definition) is 2. The molecule has 3 heteroatoms. The van der Waals surface area contributed by atoms with Gasteiger partial charge in [-0.3, -0.25) is 0 Å². The van der Waals surface area contributed by atoms with Crippen LogP contribution in [0.1, 0.15) is 5.56 Å². The van der Waals surface area contributed by atoms with E-state index in [1.54, 1.807) is 6.07 Å². The summed E-state index contributed by atoms with van der Waals surface area (Å²) in [7, 11) is 0. The van der Waals surface area contributed by atoms with E-state index in [1.165, 1.54) is 0 Å². The Morgan fingerprint density at radius 2 is 1.40 bits per heavy atom. The third-order valence-electron chi connectivity index (χ3n) is 6.50. The van der Waals surface area contributed by atoms with Gasteiger partial charge >= 0.3 is 0 Å². The molecular formula is C32H24N2O. The number of anilines is 2. The molecule has 6 rings (SSSR count). The molecule has 0 spiro atoms. The molecule has 0 aliphatic carbocycles. The predicted octanol–water partition coefficient (Wildman–Crippen LogP) is 8.75. The zero-order valence-corrected chi connectivity index (χ0v) is 19.1. The highest BCUT2D eigenvalue weighted by molar-refractivity contribution is 6.12. The number of benzene rings is 5. The maximum atomic E-state index is 10.5. The van der Waals surface area contributed by atoms with Gasteiger partial charge in [-0.05, 0) is 58.7 Å². The second kappa shape index (κ2) is 8.54. The Morgan fingerprint density at radius 1 is 0.657 bits per heavy atom. The first kappa shape index (κ1) is 20.8. The number of phenolic OH excluding ortho intramolecular Hbond substituents is 1. The smallest absolute Gasteiger partial charge is 0.123 e. The van der Waals surface area contributed by atoms with Gasteiger partial charge in [-0.25, -0.2) is 0 Å². The number of fused-ring (bicyclic) bond motifs is 3. The van der Waals surface area contributed by atoms with Crippen LogP contribution in [0.3, 0.4) is 0 Å². The van der Waals surface area contributed by atoms with Gasteiger partial charge in [0.15, 0.2) is 0 Å². The number of hydrogen-bond donors (Lipinski definition) is 3. The molecule has 0 saturated heterocycles. The molecule has 3 nitrogen and oxygen atoms in total. The molecule has 0 amide bonds. The van der Waals surface area contributed by atoms with Gasteiger partial charge in [0, 0.05) is 27.5 Å². The highest BCUT2D eigenvalue weighted by Gasteiger charge is 2.12. The van der Waals surface area contributed by atoms with Crippen LogP contribution in [0.4, 0.5) is 11.4 Å². The van der Waals surface area contributed by atoms with E-state index in [0.29, 0.717) is 0 Å². The van der Waals surface area contributed by atoms with Crippen molar-refractivity contribution in [3.8, 4) is 28.0 Å². The summed E-state index contributed by atoms with van der Waals surface area (Å²) >= 11 is 0. The first-order valence-electron chi connectivity index (χ1n) is 11.6. The van der Waals surface area contributed by atoms with E-state index in [-0.39, 0.29) is 5.75 Å². The maximum Gasteiger partial charge on any atom is 0.123 e. The number of nitrogens with one attached hydrogen (secondary N) is 2. The van der Waals surface area contributed by atoms with E-state index in [2.05, 4.69) is 65.4 Å². The second-order valence-electron chi connectivity index (χ2n) is 8.63. The molecule has 1 aromatic heterocycles. The summed E-state index contributed by atoms with van der Waals surface area (Å²) in [6.45, 7) is 3.94. The summed E-state index contributed by atoms with van der Waals surface area (Å²) in [5.74, 6) is 0.281. The number of aromatic hydroxyl groups is 1. The second-order valence-corrected chi connectivity index (χ2v) is 8.63. The SMILES string of the molecule is C=Cc1ccccc1Nc1cccc2c1[nH]c1ccc(-c3ccc(O)c(-c4ccccc4)c3)cc12. The largest absolute Gasteiger partial charge is 0.507 e. The molecule has 0 unspecified atom stereocenters. The Hall–Kier alpha value is -4.76. The molecule has 0 fully saturated rings. The number of H-pyrrole nitrogens is 1. The fraction of sp³-hybridized carbons (Fsp3) is 0. The van der Waals surface area contributed by atoms with Gasteiger partial charge in [0.1, 0.15) is 5.75 Å². The van der Waals surface area contributed by atoms with E-state index in [9.17, 15) is 5.11 Å². The normalized spacial score (nSPS) is 11.1. The lowest BCUT2D eigenvalue weighted by atomic mass is 9.97. The summed E-state index contributed by atoms with van der Waals surface area (Å²) in [4.78, 5) is 3.60. The van der Waals surface area contributed by atoms with Crippen molar-refractivity contribution in [1.82, 2.24) is 4.98 Å². The zero-order valence-electron chi connectivity index (χ0n) is 19.1. The van der Waals surface area contributed by atoms with Crippen molar-refractivity contribution < 1.29 is 5.11 Å². The minimum Gasteiger partial charge on any atom is -0.507 e. The van der Waals surface area contributed by atoms with Crippen LogP contribution in [0.2, 0.25) is 0 Å². The van der Waals surface area contributed by atoms with Crippen LogP contribution in [0.25, 0.3) is 50.1 Å². The van der Waals surface area contributed by atoms with E-state index >= 15 is 0 Å². The lowest BCUT2D eigenvalue weighted by Gasteiger charge is -2.10. The van der Waals surface area contributed by atoms with Crippen LogP contribution >= 0.6 is 0 Å². The molecule has 5 aromatic carbocycles. The van der Waals surface area contributed by atoms with E-state index < -0.39 is 0 Å². The third kappa shape index (κ3) is 3.73. The number of phenols is 1. The Balaban J connectivity index is 1.45. The van der Waals surface area contributed by atoms with Crippen LogP contribution in [0.15, 0.2) is 116 Å². The van der Waals surface area contributed by atoms with Crippen molar-refractivity contribution in [2.75, 3.05) is 5.32 Å². The zero-order chi connectivity index (χ0) is 23.8. The van der Waals surface area contributed by atoms with Crippen LogP contribution in [0, 0.1) is 0 Å². The summed E-state index contributed by atoms with van der Waals surface area (Å²) < 4.78 is 0. The molecule has 0 aliphatic rings. The first-order chi connectivity index (χ1) is 17.2. The molecule has 3 N–H and O–H groups in total. The molecule has 0 atom stereocenters. The quantitative estimate of drug-likeness (QED) is 0.245. The van der Waals surface area contributed by atoms with Crippen LogP contribution in [-0.4, -0.2) is 10.1 Å². The molecule has 168 valence electrons. The van der Waals surface area contributed by atoms with Gasteiger partial charge < -0.3 is 15.4 Å². The summed E-state index contributed by atoms with van der Waals surface area (Å²) in [5.41, 5.74) is 9.23. The fourth-order valence-electron chi connectivity index (χ4n) is 4.70. The van der Waals surface area contributed by atoms with Gasteiger partial charge in [-0.1, -0.05) is 85.5 Å². The summed E-state index contributed by atoms with van der Waals surface area (Å²) in [6, 6.07) is 36.7. The summed E-state index contributed by atoms with van der Waals surface area (Å²) in [5, 5.41) is 16.4. The molecule has 1 heterocycles. The Bertz CT molecular complexity index is 1700. The minimum absolute atomic E-state index is 0.281. The Morgan fingerprint density at radius 3 is 2.26 bits per heavy atom. The van der Waals surface area contributed by atoms with Gasteiger partial charge in [-0.15, -0.1) is 0 Å². The van der Waals surface area contributed by atoms with Crippen LogP contribution < -0.4 is 5.32 Å². The van der Waals surface area contributed by atoms with Gasteiger partial charge in [-0.2, -0.15) is 0 Å². The van der Waals surface area contributed by atoms with Crippen molar-refractivity contribution in [2.24, 2.45) is 0 Å².